The number of hydrogen-bond acceptors (Lipinski definition) is 2. The van der Waals surface area contributed by atoms with Gasteiger partial charge in [0.15, 0.2) is 0 Å². The minimum absolute atomic E-state index is 0.768. The zero-order valence-electron chi connectivity index (χ0n) is 11.0. The standard InChI is InChI=1S/C16H19NS/c1-11-3-5-13(10-17-14-6-7-14)15(9-11)16-8-4-12(2)18-16/h3-5,8-9,14,17H,6-7,10H2,1-2H3. The van der Waals surface area contributed by atoms with Gasteiger partial charge in [-0.2, -0.15) is 0 Å². The number of aryl methyl sites for hydroxylation is 2. The average molecular weight is 257 g/mol. The molecule has 0 aliphatic heterocycles. The molecular weight excluding hydrogens is 238 g/mol. The first-order valence-electron chi connectivity index (χ1n) is 6.62. The SMILES string of the molecule is Cc1ccc(CNC2CC2)c(-c2ccc(C)s2)c1. The van der Waals surface area contributed by atoms with Gasteiger partial charge in [0.2, 0.25) is 0 Å². The highest BCUT2D eigenvalue weighted by Crippen LogP contribution is 2.31. The van der Waals surface area contributed by atoms with Crippen molar-refractivity contribution in [2.75, 3.05) is 0 Å². The van der Waals surface area contributed by atoms with Crippen molar-refractivity contribution < 1.29 is 0 Å². The van der Waals surface area contributed by atoms with Crippen LogP contribution >= 0.6 is 11.3 Å². The third-order valence-electron chi connectivity index (χ3n) is 3.43. The van der Waals surface area contributed by atoms with E-state index in [0.29, 0.717) is 0 Å². The molecule has 1 aromatic heterocycles. The summed E-state index contributed by atoms with van der Waals surface area (Å²) >= 11 is 1.89. The van der Waals surface area contributed by atoms with Gasteiger partial charge in [-0.15, -0.1) is 11.3 Å². The first-order valence-corrected chi connectivity index (χ1v) is 7.44. The van der Waals surface area contributed by atoms with Crippen molar-refractivity contribution in [2.45, 2.75) is 39.3 Å². The summed E-state index contributed by atoms with van der Waals surface area (Å²) in [6.07, 6.45) is 2.69. The van der Waals surface area contributed by atoms with Crippen LogP contribution in [-0.4, -0.2) is 6.04 Å². The number of thiophene rings is 1. The maximum atomic E-state index is 3.61. The lowest BCUT2D eigenvalue weighted by atomic mass is 10.0. The third-order valence-corrected chi connectivity index (χ3v) is 4.46. The van der Waals surface area contributed by atoms with E-state index < -0.39 is 0 Å². The Morgan fingerprint density at radius 3 is 2.67 bits per heavy atom. The summed E-state index contributed by atoms with van der Waals surface area (Å²) in [5.74, 6) is 0. The topological polar surface area (TPSA) is 12.0 Å². The molecule has 1 heterocycles. The number of benzene rings is 1. The van der Waals surface area contributed by atoms with Gasteiger partial charge in [-0.3, -0.25) is 0 Å². The van der Waals surface area contributed by atoms with Crippen molar-refractivity contribution in [3.63, 3.8) is 0 Å². The van der Waals surface area contributed by atoms with Crippen LogP contribution in [0.15, 0.2) is 30.3 Å². The molecule has 1 nitrogen and oxygen atoms in total. The normalized spacial score (nSPS) is 15.0. The Morgan fingerprint density at radius 2 is 2.00 bits per heavy atom. The zero-order valence-corrected chi connectivity index (χ0v) is 11.8. The van der Waals surface area contributed by atoms with Gasteiger partial charge >= 0.3 is 0 Å². The molecule has 0 saturated heterocycles. The fourth-order valence-corrected chi connectivity index (χ4v) is 3.11. The molecule has 1 aromatic carbocycles. The Kier molecular flexibility index (Phi) is 3.23. The first kappa shape index (κ1) is 11.9. The van der Waals surface area contributed by atoms with E-state index in [1.165, 1.54) is 39.3 Å². The zero-order chi connectivity index (χ0) is 12.5. The van der Waals surface area contributed by atoms with Crippen LogP contribution in [0.2, 0.25) is 0 Å². The van der Waals surface area contributed by atoms with Crippen molar-refractivity contribution >= 4 is 11.3 Å². The average Bonchev–Trinajstić information content (AvgIpc) is 3.09. The van der Waals surface area contributed by atoms with E-state index in [1.807, 2.05) is 11.3 Å². The highest BCUT2D eigenvalue weighted by Gasteiger charge is 2.20. The van der Waals surface area contributed by atoms with Crippen molar-refractivity contribution in [1.82, 2.24) is 5.32 Å². The number of hydrogen-bond donors (Lipinski definition) is 1. The van der Waals surface area contributed by atoms with Crippen molar-refractivity contribution in [1.29, 1.82) is 0 Å². The van der Waals surface area contributed by atoms with Crippen LogP contribution < -0.4 is 5.32 Å². The third kappa shape index (κ3) is 2.65. The molecule has 2 aromatic rings. The van der Waals surface area contributed by atoms with E-state index in [0.717, 1.165) is 12.6 Å². The van der Waals surface area contributed by atoms with E-state index in [4.69, 9.17) is 0 Å². The van der Waals surface area contributed by atoms with Crippen LogP contribution in [-0.2, 0) is 6.54 Å². The summed E-state index contributed by atoms with van der Waals surface area (Å²) < 4.78 is 0. The largest absolute Gasteiger partial charge is 0.310 e. The minimum Gasteiger partial charge on any atom is -0.310 e. The molecule has 94 valence electrons. The Hall–Kier alpha value is -1.12. The molecule has 1 aliphatic rings. The molecule has 0 bridgehead atoms. The van der Waals surface area contributed by atoms with Crippen LogP contribution in [0, 0.1) is 13.8 Å². The second kappa shape index (κ2) is 4.87. The fourth-order valence-electron chi connectivity index (χ4n) is 2.19. The maximum Gasteiger partial charge on any atom is 0.0348 e. The van der Waals surface area contributed by atoms with Crippen LogP contribution in [0.3, 0.4) is 0 Å². The smallest absolute Gasteiger partial charge is 0.0348 e. The summed E-state index contributed by atoms with van der Waals surface area (Å²) in [6, 6.07) is 12.0. The van der Waals surface area contributed by atoms with Gasteiger partial charge < -0.3 is 5.32 Å². The van der Waals surface area contributed by atoms with Crippen LogP contribution in [0.5, 0.6) is 0 Å². The highest BCUT2D eigenvalue weighted by molar-refractivity contribution is 7.15. The molecule has 3 rings (SSSR count). The predicted octanol–water partition coefficient (Wildman–Crippen LogP) is 4.28. The first-order chi connectivity index (χ1) is 8.72. The molecule has 2 heteroatoms. The van der Waals surface area contributed by atoms with Crippen LogP contribution in [0.1, 0.15) is 28.8 Å². The molecule has 1 N–H and O–H groups in total. The quantitative estimate of drug-likeness (QED) is 0.862. The van der Waals surface area contributed by atoms with E-state index in [1.54, 1.807) is 0 Å². The van der Waals surface area contributed by atoms with Gasteiger partial charge in [-0.25, -0.2) is 0 Å². The molecule has 0 spiro atoms. The summed E-state index contributed by atoms with van der Waals surface area (Å²) in [5, 5.41) is 3.61. The Balaban J connectivity index is 1.91. The van der Waals surface area contributed by atoms with Gasteiger partial charge in [-0.05, 0) is 49.9 Å². The van der Waals surface area contributed by atoms with Gasteiger partial charge in [-0.1, -0.05) is 23.8 Å². The van der Waals surface area contributed by atoms with Crippen molar-refractivity contribution in [3.05, 3.63) is 46.3 Å². The second-order valence-electron chi connectivity index (χ2n) is 5.23. The monoisotopic (exact) mass is 257 g/mol. The molecule has 1 fully saturated rings. The van der Waals surface area contributed by atoms with Crippen molar-refractivity contribution in [3.8, 4) is 10.4 Å². The van der Waals surface area contributed by atoms with Gasteiger partial charge in [0.25, 0.3) is 0 Å². The number of rotatable bonds is 4. The lowest BCUT2D eigenvalue weighted by Gasteiger charge is -2.10. The Labute approximate surface area is 113 Å². The van der Waals surface area contributed by atoms with Gasteiger partial charge in [0.05, 0.1) is 0 Å². The van der Waals surface area contributed by atoms with E-state index in [-0.39, 0.29) is 0 Å². The predicted molar refractivity (Wildman–Crippen MR) is 79.1 cm³/mol. The molecular formula is C16H19NS. The van der Waals surface area contributed by atoms with Crippen LogP contribution in [0.25, 0.3) is 10.4 Å². The molecule has 1 saturated carbocycles. The minimum atomic E-state index is 0.768. The lowest BCUT2D eigenvalue weighted by Crippen LogP contribution is -2.15. The fraction of sp³-hybridized carbons (Fsp3) is 0.375. The summed E-state index contributed by atoms with van der Waals surface area (Å²) in [4.78, 5) is 2.77. The maximum absolute atomic E-state index is 3.61. The van der Waals surface area contributed by atoms with Gasteiger partial charge in [0, 0.05) is 22.3 Å². The lowest BCUT2D eigenvalue weighted by molar-refractivity contribution is 0.689. The highest BCUT2D eigenvalue weighted by atomic mass is 32.1. The Bertz CT molecular complexity index is 552. The summed E-state index contributed by atoms with van der Waals surface area (Å²) in [7, 11) is 0. The van der Waals surface area contributed by atoms with E-state index in [2.05, 4.69) is 49.5 Å². The molecule has 18 heavy (non-hydrogen) atoms. The van der Waals surface area contributed by atoms with Gasteiger partial charge in [0.1, 0.15) is 0 Å². The van der Waals surface area contributed by atoms with Crippen LogP contribution in [0.4, 0.5) is 0 Å². The Morgan fingerprint density at radius 1 is 1.17 bits per heavy atom. The molecule has 0 amide bonds. The summed E-state index contributed by atoms with van der Waals surface area (Å²) in [5.41, 5.74) is 4.17. The number of nitrogens with one attached hydrogen (secondary N) is 1. The molecule has 0 radical (unpaired) electrons. The summed E-state index contributed by atoms with van der Waals surface area (Å²) in [6.45, 7) is 5.34. The molecule has 0 atom stereocenters. The molecule has 1 aliphatic carbocycles. The molecule has 0 unspecified atom stereocenters. The van der Waals surface area contributed by atoms with E-state index in [9.17, 15) is 0 Å². The second-order valence-corrected chi connectivity index (χ2v) is 6.51. The van der Waals surface area contributed by atoms with Crippen molar-refractivity contribution in [2.24, 2.45) is 0 Å². The van der Waals surface area contributed by atoms with E-state index >= 15 is 0 Å².